The average Bonchev–Trinajstić information content (AvgIpc) is 2.17. The van der Waals surface area contributed by atoms with E-state index in [1.165, 1.54) is 24.1 Å². The lowest BCUT2D eigenvalue weighted by atomic mass is 9.81. The van der Waals surface area contributed by atoms with E-state index >= 15 is 0 Å². The van der Waals surface area contributed by atoms with E-state index in [0.29, 0.717) is 6.04 Å². The lowest BCUT2D eigenvalue weighted by Gasteiger charge is -2.35. The number of nitrogens with two attached hydrogens (primary N) is 1. The van der Waals surface area contributed by atoms with Gasteiger partial charge >= 0.3 is 0 Å². The van der Waals surface area contributed by atoms with Crippen molar-refractivity contribution in [3.8, 4) is 0 Å². The summed E-state index contributed by atoms with van der Waals surface area (Å²) in [5, 5.41) is 3.56. The maximum Gasteiger partial charge on any atom is 0.0392 e. The zero-order chi connectivity index (χ0) is 10.1. The molecule has 1 fully saturated rings. The standard InChI is InChI=1S/C12H18N2/c1-8-4-6-11(8)14-12-7-10(13)5-3-9(12)2/h3,5,7-8,11,14H,4,6,13H2,1-2H3. The van der Waals surface area contributed by atoms with Crippen LogP contribution in [0.4, 0.5) is 11.4 Å². The second-order valence-corrected chi connectivity index (χ2v) is 4.38. The summed E-state index contributed by atoms with van der Waals surface area (Å²) in [6.45, 7) is 4.41. The van der Waals surface area contributed by atoms with Gasteiger partial charge in [-0.1, -0.05) is 13.0 Å². The highest BCUT2D eigenvalue weighted by Crippen LogP contribution is 2.31. The molecule has 1 saturated carbocycles. The normalized spacial score (nSPS) is 25.6. The van der Waals surface area contributed by atoms with Crippen molar-refractivity contribution in [2.75, 3.05) is 11.1 Å². The molecule has 0 amide bonds. The van der Waals surface area contributed by atoms with Crippen molar-refractivity contribution >= 4 is 11.4 Å². The van der Waals surface area contributed by atoms with Crippen molar-refractivity contribution in [3.63, 3.8) is 0 Å². The SMILES string of the molecule is Cc1ccc(N)cc1NC1CCC1C. The van der Waals surface area contributed by atoms with Crippen LogP contribution in [0.1, 0.15) is 25.3 Å². The van der Waals surface area contributed by atoms with Gasteiger partial charge in [-0.15, -0.1) is 0 Å². The first-order chi connectivity index (χ1) is 6.66. The fraction of sp³-hybridized carbons (Fsp3) is 0.500. The number of anilines is 2. The van der Waals surface area contributed by atoms with Crippen LogP contribution in [0.25, 0.3) is 0 Å². The van der Waals surface area contributed by atoms with Crippen LogP contribution in [0.3, 0.4) is 0 Å². The smallest absolute Gasteiger partial charge is 0.0392 e. The maximum absolute atomic E-state index is 5.76. The van der Waals surface area contributed by atoms with Gasteiger partial charge in [0, 0.05) is 17.4 Å². The molecule has 2 nitrogen and oxygen atoms in total. The van der Waals surface area contributed by atoms with Gasteiger partial charge < -0.3 is 11.1 Å². The predicted octanol–water partition coefficient (Wildman–Crippen LogP) is 2.79. The van der Waals surface area contributed by atoms with Gasteiger partial charge in [-0.2, -0.15) is 0 Å². The van der Waals surface area contributed by atoms with Crippen molar-refractivity contribution in [3.05, 3.63) is 23.8 Å². The number of rotatable bonds is 2. The minimum absolute atomic E-state index is 0.649. The van der Waals surface area contributed by atoms with Crippen LogP contribution >= 0.6 is 0 Å². The summed E-state index contributed by atoms with van der Waals surface area (Å²) in [5.41, 5.74) is 9.07. The van der Waals surface area contributed by atoms with Crippen LogP contribution in [0.15, 0.2) is 18.2 Å². The molecule has 14 heavy (non-hydrogen) atoms. The molecule has 0 heterocycles. The Hall–Kier alpha value is -1.18. The number of hydrogen-bond acceptors (Lipinski definition) is 2. The minimum atomic E-state index is 0.649. The quantitative estimate of drug-likeness (QED) is 0.704. The monoisotopic (exact) mass is 190 g/mol. The molecule has 0 bridgehead atoms. The molecule has 3 N–H and O–H groups in total. The van der Waals surface area contributed by atoms with E-state index in [2.05, 4.69) is 25.2 Å². The number of aryl methyl sites for hydroxylation is 1. The summed E-state index contributed by atoms with van der Waals surface area (Å²) in [6, 6.07) is 6.70. The van der Waals surface area contributed by atoms with Gasteiger partial charge in [-0.25, -0.2) is 0 Å². The second-order valence-electron chi connectivity index (χ2n) is 4.38. The number of benzene rings is 1. The molecule has 76 valence electrons. The van der Waals surface area contributed by atoms with Gasteiger partial charge in [0.15, 0.2) is 0 Å². The van der Waals surface area contributed by atoms with Crippen LogP contribution in [-0.4, -0.2) is 6.04 Å². The van der Waals surface area contributed by atoms with E-state index in [9.17, 15) is 0 Å². The van der Waals surface area contributed by atoms with E-state index < -0.39 is 0 Å². The van der Waals surface area contributed by atoms with Gasteiger partial charge in [0.25, 0.3) is 0 Å². The molecule has 0 radical (unpaired) electrons. The van der Waals surface area contributed by atoms with Crippen LogP contribution in [-0.2, 0) is 0 Å². The predicted molar refractivity (Wildman–Crippen MR) is 61.4 cm³/mol. The summed E-state index contributed by atoms with van der Waals surface area (Å²) in [5.74, 6) is 0.802. The lowest BCUT2D eigenvalue weighted by molar-refractivity contribution is 0.303. The zero-order valence-electron chi connectivity index (χ0n) is 8.88. The Morgan fingerprint density at radius 3 is 2.71 bits per heavy atom. The summed E-state index contributed by atoms with van der Waals surface area (Å²) in [7, 11) is 0. The molecule has 0 aromatic heterocycles. The van der Waals surface area contributed by atoms with Crippen molar-refractivity contribution in [2.24, 2.45) is 5.92 Å². The first kappa shape index (κ1) is 9.38. The largest absolute Gasteiger partial charge is 0.399 e. The van der Waals surface area contributed by atoms with Gasteiger partial charge in [-0.3, -0.25) is 0 Å². The maximum atomic E-state index is 5.76. The van der Waals surface area contributed by atoms with Crippen molar-refractivity contribution in [2.45, 2.75) is 32.7 Å². The Labute approximate surface area is 85.5 Å². The molecular formula is C12H18N2. The molecule has 1 aromatic rings. The van der Waals surface area contributed by atoms with E-state index in [-0.39, 0.29) is 0 Å². The topological polar surface area (TPSA) is 38.0 Å². The van der Waals surface area contributed by atoms with Crippen LogP contribution < -0.4 is 11.1 Å². The summed E-state index contributed by atoms with van der Waals surface area (Å²) in [4.78, 5) is 0. The zero-order valence-corrected chi connectivity index (χ0v) is 8.88. The fourth-order valence-corrected chi connectivity index (χ4v) is 1.88. The first-order valence-corrected chi connectivity index (χ1v) is 5.29. The Balaban J connectivity index is 2.11. The van der Waals surface area contributed by atoms with Gasteiger partial charge in [0.2, 0.25) is 0 Å². The van der Waals surface area contributed by atoms with Gasteiger partial charge in [-0.05, 0) is 43.4 Å². The second kappa shape index (κ2) is 3.52. The third-order valence-corrected chi connectivity index (χ3v) is 3.22. The molecule has 1 aromatic carbocycles. The molecular weight excluding hydrogens is 172 g/mol. The molecule has 1 aliphatic rings. The lowest BCUT2D eigenvalue weighted by Crippen LogP contribution is -2.36. The molecule has 0 spiro atoms. The van der Waals surface area contributed by atoms with Crippen molar-refractivity contribution < 1.29 is 0 Å². The molecule has 1 aliphatic carbocycles. The van der Waals surface area contributed by atoms with Gasteiger partial charge in [0.05, 0.1) is 0 Å². The Kier molecular flexibility index (Phi) is 2.36. The highest BCUT2D eigenvalue weighted by molar-refractivity contribution is 5.59. The van der Waals surface area contributed by atoms with Crippen molar-refractivity contribution in [1.82, 2.24) is 0 Å². The Bertz CT molecular complexity index is 333. The molecule has 0 aliphatic heterocycles. The van der Waals surface area contributed by atoms with Crippen LogP contribution in [0, 0.1) is 12.8 Å². The first-order valence-electron chi connectivity index (χ1n) is 5.29. The van der Waals surface area contributed by atoms with E-state index in [4.69, 9.17) is 5.73 Å². The highest BCUT2D eigenvalue weighted by atomic mass is 14.9. The van der Waals surface area contributed by atoms with E-state index in [1.807, 2.05) is 12.1 Å². The summed E-state index contributed by atoms with van der Waals surface area (Å²) >= 11 is 0. The molecule has 2 atom stereocenters. The third kappa shape index (κ3) is 1.69. The van der Waals surface area contributed by atoms with Gasteiger partial charge in [0.1, 0.15) is 0 Å². The molecule has 2 unspecified atom stereocenters. The molecule has 2 rings (SSSR count). The highest BCUT2D eigenvalue weighted by Gasteiger charge is 2.26. The Morgan fingerprint density at radius 1 is 1.36 bits per heavy atom. The van der Waals surface area contributed by atoms with Crippen LogP contribution in [0.2, 0.25) is 0 Å². The minimum Gasteiger partial charge on any atom is -0.399 e. The summed E-state index contributed by atoms with van der Waals surface area (Å²) < 4.78 is 0. The third-order valence-electron chi connectivity index (χ3n) is 3.22. The summed E-state index contributed by atoms with van der Waals surface area (Å²) in [6.07, 6.45) is 2.63. The molecule has 0 saturated heterocycles. The number of nitrogens with one attached hydrogen (secondary N) is 1. The fourth-order valence-electron chi connectivity index (χ4n) is 1.88. The van der Waals surface area contributed by atoms with Crippen LogP contribution in [0.5, 0.6) is 0 Å². The molecule has 2 heteroatoms. The van der Waals surface area contributed by atoms with E-state index in [0.717, 1.165) is 11.6 Å². The Morgan fingerprint density at radius 2 is 2.14 bits per heavy atom. The number of nitrogen functional groups attached to an aromatic ring is 1. The van der Waals surface area contributed by atoms with E-state index in [1.54, 1.807) is 0 Å². The average molecular weight is 190 g/mol. The van der Waals surface area contributed by atoms with Crippen molar-refractivity contribution in [1.29, 1.82) is 0 Å². The number of hydrogen-bond donors (Lipinski definition) is 2.